The number of halogens is 3. The Hall–Kier alpha value is -1.23. The standard InChI is InChI=1S/C20H28F3NO/c21-20(22,23)16-8-12-19(13-9-16)25-14-15-6-10-18(11-7-15)24-17-4-2-1-3-5-17/h8-9,12-13,15,17-18,24H,1-7,10-11,14H2/t15-,18-. The predicted molar refractivity (Wildman–Crippen MR) is 92.7 cm³/mol. The van der Waals surface area contributed by atoms with Gasteiger partial charge in [-0.2, -0.15) is 13.2 Å². The van der Waals surface area contributed by atoms with Crippen LogP contribution in [0.15, 0.2) is 24.3 Å². The molecule has 1 N–H and O–H groups in total. The molecule has 0 heterocycles. The molecule has 1 aromatic carbocycles. The Labute approximate surface area is 148 Å². The van der Waals surface area contributed by atoms with Crippen molar-refractivity contribution in [3.05, 3.63) is 29.8 Å². The lowest BCUT2D eigenvalue weighted by Crippen LogP contribution is -2.41. The molecule has 5 heteroatoms. The molecule has 0 radical (unpaired) electrons. The zero-order chi connectivity index (χ0) is 17.7. The molecule has 1 aromatic rings. The van der Waals surface area contributed by atoms with E-state index in [2.05, 4.69) is 5.32 Å². The van der Waals surface area contributed by atoms with Crippen LogP contribution in [0, 0.1) is 5.92 Å². The second kappa shape index (κ2) is 8.43. The Morgan fingerprint density at radius 3 is 2.04 bits per heavy atom. The van der Waals surface area contributed by atoms with Gasteiger partial charge in [0.25, 0.3) is 0 Å². The van der Waals surface area contributed by atoms with Crippen LogP contribution in [0.25, 0.3) is 0 Å². The van der Waals surface area contributed by atoms with E-state index in [4.69, 9.17) is 4.74 Å². The highest BCUT2D eigenvalue weighted by atomic mass is 19.4. The summed E-state index contributed by atoms with van der Waals surface area (Å²) in [5.41, 5.74) is -0.630. The first-order valence-electron chi connectivity index (χ1n) is 9.57. The van der Waals surface area contributed by atoms with Crippen LogP contribution in [0.4, 0.5) is 13.2 Å². The van der Waals surface area contributed by atoms with E-state index in [1.807, 2.05) is 0 Å². The zero-order valence-corrected chi connectivity index (χ0v) is 14.7. The molecule has 3 rings (SSSR count). The van der Waals surface area contributed by atoms with Crippen LogP contribution in [0.5, 0.6) is 5.75 Å². The van der Waals surface area contributed by atoms with Gasteiger partial charge in [0, 0.05) is 12.1 Å². The summed E-state index contributed by atoms with van der Waals surface area (Å²) in [4.78, 5) is 0. The normalized spacial score (nSPS) is 25.7. The molecule has 2 aliphatic rings. The second-order valence-corrected chi connectivity index (χ2v) is 7.55. The molecule has 140 valence electrons. The van der Waals surface area contributed by atoms with Gasteiger partial charge in [0.2, 0.25) is 0 Å². The molecule has 0 saturated heterocycles. The van der Waals surface area contributed by atoms with Crippen molar-refractivity contribution in [2.24, 2.45) is 5.92 Å². The van der Waals surface area contributed by atoms with Gasteiger partial charge in [-0.25, -0.2) is 0 Å². The van der Waals surface area contributed by atoms with E-state index in [1.165, 1.54) is 57.1 Å². The summed E-state index contributed by atoms with van der Waals surface area (Å²) in [5, 5.41) is 3.83. The van der Waals surface area contributed by atoms with Crippen LogP contribution in [0.2, 0.25) is 0 Å². The van der Waals surface area contributed by atoms with Crippen LogP contribution >= 0.6 is 0 Å². The third-order valence-electron chi connectivity index (χ3n) is 5.59. The van der Waals surface area contributed by atoms with Crippen molar-refractivity contribution in [1.82, 2.24) is 5.32 Å². The van der Waals surface area contributed by atoms with Crippen molar-refractivity contribution in [2.75, 3.05) is 6.61 Å². The molecule has 2 aliphatic carbocycles. The van der Waals surface area contributed by atoms with Crippen molar-refractivity contribution in [3.63, 3.8) is 0 Å². The molecule has 0 bridgehead atoms. The number of alkyl halides is 3. The van der Waals surface area contributed by atoms with Crippen molar-refractivity contribution in [3.8, 4) is 5.75 Å². The fourth-order valence-corrected chi connectivity index (χ4v) is 4.05. The van der Waals surface area contributed by atoms with Crippen molar-refractivity contribution >= 4 is 0 Å². The highest BCUT2D eigenvalue weighted by molar-refractivity contribution is 5.28. The van der Waals surface area contributed by atoms with Gasteiger partial charge in [-0.15, -0.1) is 0 Å². The van der Waals surface area contributed by atoms with Crippen LogP contribution in [0.3, 0.4) is 0 Å². The minimum absolute atomic E-state index is 0.506. The van der Waals surface area contributed by atoms with Gasteiger partial charge >= 0.3 is 6.18 Å². The van der Waals surface area contributed by atoms with Crippen molar-refractivity contribution < 1.29 is 17.9 Å². The first-order valence-corrected chi connectivity index (χ1v) is 9.57. The molecule has 2 fully saturated rings. The van der Waals surface area contributed by atoms with Gasteiger partial charge in [-0.1, -0.05) is 19.3 Å². The van der Waals surface area contributed by atoms with Gasteiger partial charge in [0.05, 0.1) is 12.2 Å². The Kier molecular flexibility index (Phi) is 6.26. The Balaban J connectivity index is 1.37. The second-order valence-electron chi connectivity index (χ2n) is 7.55. The van der Waals surface area contributed by atoms with Gasteiger partial charge in [0.15, 0.2) is 0 Å². The summed E-state index contributed by atoms with van der Waals surface area (Å²) in [6.07, 6.45) is 7.05. The Morgan fingerprint density at radius 1 is 0.840 bits per heavy atom. The predicted octanol–water partition coefficient (Wildman–Crippen LogP) is 5.57. The molecule has 2 nitrogen and oxygen atoms in total. The first kappa shape index (κ1) is 18.6. The SMILES string of the molecule is FC(F)(F)c1ccc(OC[C@H]2CC[C@H](NC3CCCCC3)CC2)cc1. The Morgan fingerprint density at radius 2 is 1.44 bits per heavy atom. The van der Waals surface area contributed by atoms with Crippen LogP contribution in [-0.4, -0.2) is 18.7 Å². The molecular formula is C20H28F3NO. The quantitative estimate of drug-likeness (QED) is 0.746. The highest BCUT2D eigenvalue weighted by Crippen LogP contribution is 2.31. The number of hydrogen-bond donors (Lipinski definition) is 1. The lowest BCUT2D eigenvalue weighted by molar-refractivity contribution is -0.137. The molecule has 2 saturated carbocycles. The summed E-state index contributed by atoms with van der Waals surface area (Å²) in [5.74, 6) is 1.03. The van der Waals surface area contributed by atoms with E-state index in [-0.39, 0.29) is 0 Å². The maximum absolute atomic E-state index is 12.6. The average molecular weight is 355 g/mol. The number of nitrogens with one attached hydrogen (secondary N) is 1. The summed E-state index contributed by atoms with van der Waals surface area (Å²) < 4.78 is 43.4. The topological polar surface area (TPSA) is 21.3 Å². The molecule has 0 aliphatic heterocycles. The summed E-state index contributed by atoms with van der Waals surface area (Å²) in [6.45, 7) is 0.599. The minimum atomic E-state index is -4.29. The van der Waals surface area contributed by atoms with E-state index < -0.39 is 11.7 Å². The average Bonchev–Trinajstić information content (AvgIpc) is 2.62. The van der Waals surface area contributed by atoms with E-state index in [0.717, 1.165) is 25.0 Å². The van der Waals surface area contributed by atoms with E-state index >= 15 is 0 Å². The fraction of sp³-hybridized carbons (Fsp3) is 0.700. The number of rotatable bonds is 5. The largest absolute Gasteiger partial charge is 0.493 e. The van der Waals surface area contributed by atoms with Gasteiger partial charge in [-0.3, -0.25) is 0 Å². The molecular weight excluding hydrogens is 327 g/mol. The zero-order valence-electron chi connectivity index (χ0n) is 14.7. The number of ether oxygens (including phenoxy) is 1. The highest BCUT2D eigenvalue weighted by Gasteiger charge is 2.30. The van der Waals surface area contributed by atoms with Gasteiger partial charge < -0.3 is 10.1 Å². The van der Waals surface area contributed by atoms with Crippen LogP contribution in [0.1, 0.15) is 63.4 Å². The summed E-state index contributed by atoms with van der Waals surface area (Å²) in [7, 11) is 0. The maximum atomic E-state index is 12.6. The number of benzene rings is 1. The van der Waals surface area contributed by atoms with Crippen LogP contribution in [-0.2, 0) is 6.18 Å². The summed E-state index contributed by atoms with van der Waals surface area (Å²) >= 11 is 0. The monoisotopic (exact) mass is 355 g/mol. The molecule has 0 amide bonds. The van der Waals surface area contributed by atoms with E-state index in [0.29, 0.717) is 30.4 Å². The van der Waals surface area contributed by atoms with Crippen molar-refractivity contribution in [1.29, 1.82) is 0 Å². The molecule has 0 aromatic heterocycles. The van der Waals surface area contributed by atoms with Crippen LogP contribution < -0.4 is 10.1 Å². The summed E-state index contributed by atoms with van der Waals surface area (Å²) in [6, 6.07) is 6.34. The fourth-order valence-electron chi connectivity index (χ4n) is 4.05. The molecule has 25 heavy (non-hydrogen) atoms. The third-order valence-corrected chi connectivity index (χ3v) is 5.59. The lowest BCUT2D eigenvalue weighted by atomic mass is 9.85. The first-order chi connectivity index (χ1) is 12.0. The maximum Gasteiger partial charge on any atom is 0.416 e. The number of hydrogen-bond acceptors (Lipinski definition) is 2. The van der Waals surface area contributed by atoms with Crippen molar-refractivity contribution in [2.45, 2.75) is 76.0 Å². The molecule has 0 unspecified atom stereocenters. The Bertz CT molecular complexity index is 515. The lowest BCUT2D eigenvalue weighted by Gasteiger charge is -2.33. The molecule has 0 atom stereocenters. The molecule has 0 spiro atoms. The smallest absolute Gasteiger partial charge is 0.416 e. The van der Waals surface area contributed by atoms with Gasteiger partial charge in [-0.05, 0) is 68.7 Å². The van der Waals surface area contributed by atoms with Gasteiger partial charge in [0.1, 0.15) is 5.75 Å². The minimum Gasteiger partial charge on any atom is -0.493 e. The van der Waals surface area contributed by atoms with E-state index in [1.54, 1.807) is 0 Å². The third kappa shape index (κ3) is 5.63. The van der Waals surface area contributed by atoms with E-state index in [9.17, 15) is 13.2 Å².